The van der Waals surface area contributed by atoms with Gasteiger partial charge in [0.15, 0.2) is 0 Å². The van der Waals surface area contributed by atoms with Gasteiger partial charge in [-0.2, -0.15) is 0 Å². The zero-order valence-corrected chi connectivity index (χ0v) is 20.8. The monoisotopic (exact) mass is 492 g/mol. The van der Waals surface area contributed by atoms with Crippen molar-refractivity contribution in [2.45, 2.75) is 52.0 Å². The van der Waals surface area contributed by atoms with Gasteiger partial charge in [-0.25, -0.2) is 9.59 Å². The van der Waals surface area contributed by atoms with Crippen molar-refractivity contribution in [3.63, 3.8) is 0 Å². The number of ether oxygens (including phenoxy) is 2. The van der Waals surface area contributed by atoms with Crippen LogP contribution in [0.1, 0.15) is 44.7 Å². The first-order valence-corrected chi connectivity index (χ1v) is 12.1. The number of carbonyl (C=O) groups excluding carboxylic acids is 3. The molecule has 0 radical (unpaired) electrons. The fraction of sp³-hybridized carbons (Fsp3) is 0.407. The van der Waals surface area contributed by atoms with Gasteiger partial charge < -0.3 is 19.7 Å². The van der Waals surface area contributed by atoms with Gasteiger partial charge in [-0.15, -0.1) is 0 Å². The predicted octanol–water partition coefficient (Wildman–Crippen LogP) is 4.33. The van der Waals surface area contributed by atoms with Gasteiger partial charge in [-0.1, -0.05) is 48.5 Å². The van der Waals surface area contributed by atoms with Gasteiger partial charge in [0.05, 0.1) is 5.71 Å². The molecule has 0 aromatic heterocycles. The van der Waals surface area contributed by atoms with Crippen molar-refractivity contribution in [3.8, 4) is 0 Å². The van der Waals surface area contributed by atoms with Gasteiger partial charge in [-0.3, -0.25) is 15.1 Å². The number of amides is 3. The van der Waals surface area contributed by atoms with E-state index in [0.29, 0.717) is 31.6 Å². The third-order valence-corrected chi connectivity index (χ3v) is 5.98. The van der Waals surface area contributed by atoms with Crippen LogP contribution < -0.4 is 10.6 Å². The van der Waals surface area contributed by atoms with Crippen LogP contribution in [0.5, 0.6) is 0 Å². The molecule has 2 heterocycles. The van der Waals surface area contributed by atoms with Crippen LogP contribution in [0.3, 0.4) is 0 Å². The summed E-state index contributed by atoms with van der Waals surface area (Å²) in [5.41, 5.74) is 2.45. The Morgan fingerprint density at radius 1 is 1.06 bits per heavy atom. The molecule has 0 bridgehead atoms. The summed E-state index contributed by atoms with van der Waals surface area (Å²) in [4.78, 5) is 44.3. The molecule has 2 aliphatic rings. The Morgan fingerprint density at radius 3 is 2.42 bits per heavy atom. The summed E-state index contributed by atoms with van der Waals surface area (Å²) in [6.07, 6.45) is -0.883. The number of hydrogen-bond donors (Lipinski definition) is 2. The highest BCUT2D eigenvalue weighted by Crippen LogP contribution is 2.29. The van der Waals surface area contributed by atoms with Gasteiger partial charge in [-0.05, 0) is 45.2 Å². The third kappa shape index (κ3) is 6.41. The smallest absolute Gasteiger partial charge is 0.410 e. The SMILES string of the molecule is CC(C)(C)OC(=O)N1CCC(C2=N[C@@H](NC(=O)OCc3ccccc3)C(=O)Nc3ccccc32)CC1. The van der Waals surface area contributed by atoms with Crippen molar-refractivity contribution in [3.05, 3.63) is 65.7 Å². The quantitative estimate of drug-likeness (QED) is 0.660. The molecule has 4 rings (SSSR count). The molecule has 0 saturated carbocycles. The Balaban J connectivity index is 1.48. The molecule has 2 N–H and O–H groups in total. The number of rotatable bonds is 4. The minimum atomic E-state index is -1.14. The van der Waals surface area contributed by atoms with Crippen LogP contribution in [0.4, 0.5) is 15.3 Å². The predicted molar refractivity (Wildman–Crippen MR) is 136 cm³/mol. The fourth-order valence-electron chi connectivity index (χ4n) is 4.25. The molecule has 0 aliphatic carbocycles. The molecule has 3 amide bonds. The molecule has 1 atom stereocenters. The third-order valence-electron chi connectivity index (χ3n) is 5.98. The van der Waals surface area contributed by atoms with E-state index in [0.717, 1.165) is 16.8 Å². The largest absolute Gasteiger partial charge is 0.445 e. The van der Waals surface area contributed by atoms with Crippen molar-refractivity contribution in [2.24, 2.45) is 10.9 Å². The van der Waals surface area contributed by atoms with Gasteiger partial charge in [0.1, 0.15) is 12.2 Å². The Labute approximate surface area is 210 Å². The first-order chi connectivity index (χ1) is 17.2. The number of para-hydroxylation sites is 1. The van der Waals surface area contributed by atoms with Crippen molar-refractivity contribution in [1.29, 1.82) is 0 Å². The second-order valence-corrected chi connectivity index (χ2v) is 9.90. The van der Waals surface area contributed by atoms with Gasteiger partial charge in [0.25, 0.3) is 5.91 Å². The van der Waals surface area contributed by atoms with Crippen LogP contribution in [-0.2, 0) is 20.9 Å². The summed E-state index contributed by atoms with van der Waals surface area (Å²) >= 11 is 0. The second-order valence-electron chi connectivity index (χ2n) is 9.90. The number of carbonyl (C=O) groups is 3. The number of benzene rings is 2. The molecule has 1 saturated heterocycles. The number of aliphatic imine (C=N–C) groups is 1. The summed E-state index contributed by atoms with van der Waals surface area (Å²) in [5, 5.41) is 5.46. The molecule has 0 unspecified atom stereocenters. The average molecular weight is 493 g/mol. The lowest BCUT2D eigenvalue weighted by atomic mass is 9.87. The summed E-state index contributed by atoms with van der Waals surface area (Å²) in [7, 11) is 0. The molecule has 1 fully saturated rings. The first kappa shape index (κ1) is 25.2. The van der Waals surface area contributed by atoms with Crippen LogP contribution in [0.2, 0.25) is 0 Å². The molecule has 190 valence electrons. The summed E-state index contributed by atoms with van der Waals surface area (Å²) in [6, 6.07) is 16.7. The summed E-state index contributed by atoms with van der Waals surface area (Å²) in [5.74, 6) is -0.442. The lowest BCUT2D eigenvalue weighted by molar-refractivity contribution is -0.117. The zero-order valence-electron chi connectivity index (χ0n) is 20.8. The highest BCUT2D eigenvalue weighted by atomic mass is 16.6. The first-order valence-electron chi connectivity index (χ1n) is 12.1. The number of hydrogen-bond acceptors (Lipinski definition) is 6. The number of likely N-dealkylation sites (tertiary alicyclic amines) is 1. The van der Waals surface area contributed by atoms with E-state index >= 15 is 0 Å². The Morgan fingerprint density at radius 2 is 1.72 bits per heavy atom. The van der Waals surface area contributed by atoms with E-state index < -0.39 is 23.8 Å². The molecule has 0 spiro atoms. The maximum absolute atomic E-state index is 12.9. The number of nitrogens with zero attached hydrogens (tertiary/aromatic N) is 2. The molecule has 2 aromatic carbocycles. The number of alkyl carbamates (subject to hydrolysis) is 1. The van der Waals surface area contributed by atoms with Crippen LogP contribution in [0.25, 0.3) is 0 Å². The Hall–Kier alpha value is -3.88. The van der Waals surface area contributed by atoms with Crippen LogP contribution in [0.15, 0.2) is 59.6 Å². The number of fused-ring (bicyclic) bond motifs is 1. The second kappa shape index (κ2) is 10.8. The van der Waals surface area contributed by atoms with Gasteiger partial charge in [0.2, 0.25) is 6.17 Å². The maximum atomic E-state index is 12.9. The highest BCUT2D eigenvalue weighted by molar-refractivity contribution is 6.13. The van der Waals surface area contributed by atoms with Crippen LogP contribution >= 0.6 is 0 Å². The van der Waals surface area contributed by atoms with Crippen molar-refractivity contribution in [2.75, 3.05) is 18.4 Å². The maximum Gasteiger partial charge on any atom is 0.410 e. The van der Waals surface area contributed by atoms with E-state index in [9.17, 15) is 14.4 Å². The fourth-order valence-corrected chi connectivity index (χ4v) is 4.25. The highest BCUT2D eigenvalue weighted by Gasteiger charge is 2.33. The van der Waals surface area contributed by atoms with E-state index in [2.05, 4.69) is 10.6 Å². The number of nitrogens with one attached hydrogen (secondary N) is 2. The Bertz CT molecular complexity index is 1130. The van der Waals surface area contributed by atoms with Crippen molar-refractivity contribution in [1.82, 2.24) is 10.2 Å². The van der Waals surface area contributed by atoms with Gasteiger partial charge >= 0.3 is 12.2 Å². The number of piperidine rings is 1. The molecular weight excluding hydrogens is 460 g/mol. The molecular formula is C27H32N4O5. The Kier molecular flexibility index (Phi) is 7.57. The van der Waals surface area contributed by atoms with E-state index in [1.807, 2.05) is 75.4 Å². The molecule has 9 nitrogen and oxygen atoms in total. The van der Waals surface area contributed by atoms with Gasteiger partial charge in [0, 0.05) is 30.3 Å². The van der Waals surface area contributed by atoms with E-state index in [4.69, 9.17) is 14.5 Å². The standard InChI is InChI=1S/C27H32N4O5/c1-27(2,3)36-26(34)31-15-13-19(14-16-31)22-20-11-7-8-12-21(20)28-24(32)23(29-22)30-25(33)35-17-18-9-5-4-6-10-18/h4-12,19,23H,13-17H2,1-3H3,(H,28,32)(H,30,33)/t23-/m0/s1. The number of benzodiazepines with no additional fused rings is 1. The zero-order chi connectivity index (χ0) is 25.7. The minimum Gasteiger partial charge on any atom is -0.445 e. The molecule has 9 heteroatoms. The molecule has 36 heavy (non-hydrogen) atoms. The summed E-state index contributed by atoms with van der Waals surface area (Å²) < 4.78 is 10.8. The molecule has 2 aliphatic heterocycles. The average Bonchev–Trinajstić information content (AvgIpc) is 2.98. The normalized spacial score (nSPS) is 18.3. The summed E-state index contributed by atoms with van der Waals surface area (Å²) in [6.45, 7) is 6.64. The van der Waals surface area contributed by atoms with E-state index in [-0.39, 0.29) is 18.6 Å². The lowest BCUT2D eigenvalue weighted by Gasteiger charge is -2.34. The van der Waals surface area contributed by atoms with Crippen molar-refractivity contribution < 1.29 is 23.9 Å². The number of anilines is 1. The molecule has 2 aromatic rings. The van der Waals surface area contributed by atoms with E-state index in [1.165, 1.54) is 0 Å². The van der Waals surface area contributed by atoms with Crippen molar-refractivity contribution >= 4 is 29.5 Å². The topological polar surface area (TPSA) is 109 Å². The lowest BCUT2D eigenvalue weighted by Crippen LogP contribution is -2.44. The minimum absolute atomic E-state index is 0.00201. The van der Waals surface area contributed by atoms with Crippen LogP contribution in [0, 0.1) is 5.92 Å². The van der Waals surface area contributed by atoms with E-state index in [1.54, 1.807) is 4.90 Å². The van der Waals surface area contributed by atoms with Crippen LogP contribution in [-0.4, -0.2) is 53.6 Å².